The highest BCUT2D eigenvalue weighted by atomic mass is 32.1. The van der Waals surface area contributed by atoms with Crippen molar-refractivity contribution in [3.63, 3.8) is 0 Å². The lowest BCUT2D eigenvalue weighted by Gasteiger charge is -2.09. The summed E-state index contributed by atoms with van der Waals surface area (Å²) in [6.07, 6.45) is 1.98. The topological polar surface area (TPSA) is 61.4 Å². The van der Waals surface area contributed by atoms with Crippen molar-refractivity contribution in [3.05, 3.63) is 52.8 Å². The molecule has 0 atom stereocenters. The molecule has 0 spiro atoms. The third-order valence-electron chi connectivity index (χ3n) is 3.57. The molecule has 0 amide bonds. The van der Waals surface area contributed by atoms with Crippen molar-refractivity contribution in [1.82, 2.24) is 15.7 Å². The summed E-state index contributed by atoms with van der Waals surface area (Å²) in [7, 11) is 1.65. The third kappa shape index (κ3) is 4.56. The summed E-state index contributed by atoms with van der Waals surface area (Å²) < 4.78 is 5.14. The van der Waals surface area contributed by atoms with E-state index in [-0.39, 0.29) is 0 Å². The zero-order chi connectivity index (χ0) is 16.8. The van der Waals surface area contributed by atoms with Gasteiger partial charge < -0.3 is 15.0 Å². The third-order valence-corrected chi connectivity index (χ3v) is 3.81. The van der Waals surface area contributed by atoms with E-state index in [1.54, 1.807) is 7.11 Å². The smallest absolute Gasteiger partial charge is 0.187 e. The number of hydrogen-bond donors (Lipinski definition) is 3. The van der Waals surface area contributed by atoms with E-state index in [2.05, 4.69) is 27.8 Å². The van der Waals surface area contributed by atoms with Crippen LogP contribution in [0.3, 0.4) is 0 Å². The van der Waals surface area contributed by atoms with Gasteiger partial charge in [-0.05, 0) is 56.2 Å². The van der Waals surface area contributed by atoms with Crippen LogP contribution >= 0.6 is 12.2 Å². The van der Waals surface area contributed by atoms with Crippen molar-refractivity contribution in [1.29, 1.82) is 0 Å². The van der Waals surface area contributed by atoms with Crippen LogP contribution in [0.1, 0.15) is 29.3 Å². The molecule has 0 aliphatic rings. The van der Waals surface area contributed by atoms with Gasteiger partial charge >= 0.3 is 0 Å². The first-order valence-corrected chi connectivity index (χ1v) is 7.78. The second-order valence-electron chi connectivity index (χ2n) is 5.31. The molecule has 0 bridgehead atoms. The molecular formula is C17H22N4OS. The summed E-state index contributed by atoms with van der Waals surface area (Å²) >= 11 is 5.25. The zero-order valence-corrected chi connectivity index (χ0v) is 14.7. The Morgan fingerprint density at radius 2 is 1.96 bits per heavy atom. The standard InChI is InChI=1S/C17H22N4OS/c1-11-9-18-12(2)16(11)13(3)20-21-17(23)19-10-14-5-7-15(22-4)8-6-14/h5-9,18H,10H2,1-4H3,(H2,19,21,23)/b20-13+. The highest BCUT2D eigenvalue weighted by Gasteiger charge is 2.07. The van der Waals surface area contributed by atoms with Crippen LogP contribution in [0, 0.1) is 13.8 Å². The lowest BCUT2D eigenvalue weighted by Crippen LogP contribution is -2.32. The molecule has 0 fully saturated rings. The Kier molecular flexibility index (Phi) is 5.76. The Morgan fingerprint density at radius 3 is 2.52 bits per heavy atom. The van der Waals surface area contributed by atoms with Gasteiger partial charge in [0.25, 0.3) is 0 Å². The van der Waals surface area contributed by atoms with E-state index in [1.807, 2.05) is 44.3 Å². The van der Waals surface area contributed by atoms with Gasteiger partial charge in [-0.15, -0.1) is 0 Å². The summed E-state index contributed by atoms with van der Waals surface area (Å²) in [4.78, 5) is 3.19. The largest absolute Gasteiger partial charge is 0.497 e. The first kappa shape index (κ1) is 17.0. The maximum Gasteiger partial charge on any atom is 0.187 e. The number of hydrogen-bond acceptors (Lipinski definition) is 3. The number of nitrogens with one attached hydrogen (secondary N) is 3. The number of aryl methyl sites for hydroxylation is 2. The van der Waals surface area contributed by atoms with Crippen molar-refractivity contribution < 1.29 is 4.74 Å². The van der Waals surface area contributed by atoms with Gasteiger partial charge in [0.2, 0.25) is 0 Å². The number of H-pyrrole nitrogens is 1. The molecule has 0 radical (unpaired) electrons. The van der Waals surface area contributed by atoms with Crippen molar-refractivity contribution >= 4 is 23.0 Å². The highest BCUT2D eigenvalue weighted by molar-refractivity contribution is 7.80. The summed E-state index contributed by atoms with van der Waals surface area (Å²) in [5, 5.41) is 7.97. The number of rotatable bonds is 5. The predicted molar refractivity (Wildman–Crippen MR) is 98.0 cm³/mol. The number of aromatic amines is 1. The molecule has 1 aromatic carbocycles. The van der Waals surface area contributed by atoms with Crippen molar-refractivity contribution in [3.8, 4) is 5.75 Å². The Hall–Kier alpha value is -2.34. The molecule has 3 N–H and O–H groups in total. The Balaban J connectivity index is 1.88. The molecule has 0 aliphatic heterocycles. The van der Waals surface area contributed by atoms with Gasteiger partial charge in [0.05, 0.1) is 12.8 Å². The van der Waals surface area contributed by atoms with E-state index < -0.39 is 0 Å². The quantitative estimate of drug-likeness (QED) is 0.448. The molecule has 5 nitrogen and oxygen atoms in total. The number of thiocarbonyl (C=S) groups is 1. The molecule has 1 aromatic heterocycles. The maximum atomic E-state index is 5.25. The monoisotopic (exact) mass is 330 g/mol. The Morgan fingerprint density at radius 1 is 1.26 bits per heavy atom. The van der Waals surface area contributed by atoms with Gasteiger partial charge in [0, 0.05) is 24.0 Å². The lowest BCUT2D eigenvalue weighted by molar-refractivity contribution is 0.414. The van der Waals surface area contributed by atoms with Gasteiger partial charge in [-0.3, -0.25) is 5.43 Å². The van der Waals surface area contributed by atoms with E-state index in [0.29, 0.717) is 11.7 Å². The number of nitrogens with zero attached hydrogens (tertiary/aromatic N) is 1. The SMILES string of the molecule is COc1ccc(CNC(=S)N/N=C(\C)c2c(C)c[nH]c2C)cc1. The highest BCUT2D eigenvalue weighted by Crippen LogP contribution is 2.13. The van der Waals surface area contributed by atoms with Crippen LogP contribution < -0.4 is 15.5 Å². The number of methoxy groups -OCH3 is 1. The lowest BCUT2D eigenvalue weighted by atomic mass is 10.1. The van der Waals surface area contributed by atoms with Crippen LogP contribution in [0.5, 0.6) is 5.75 Å². The molecular weight excluding hydrogens is 308 g/mol. The minimum absolute atomic E-state index is 0.492. The van der Waals surface area contributed by atoms with E-state index in [9.17, 15) is 0 Å². The second-order valence-corrected chi connectivity index (χ2v) is 5.72. The first-order valence-electron chi connectivity index (χ1n) is 7.37. The molecule has 6 heteroatoms. The van der Waals surface area contributed by atoms with Crippen LogP contribution in [-0.2, 0) is 6.54 Å². The fourth-order valence-corrected chi connectivity index (χ4v) is 2.49. The normalized spacial score (nSPS) is 11.2. The molecule has 0 saturated heterocycles. The van der Waals surface area contributed by atoms with Gasteiger partial charge in [0.15, 0.2) is 5.11 Å². The number of benzene rings is 1. The minimum atomic E-state index is 0.492. The molecule has 0 aliphatic carbocycles. The molecule has 1 heterocycles. The second kappa shape index (κ2) is 7.78. The van der Waals surface area contributed by atoms with Crippen LogP contribution in [0.25, 0.3) is 0 Å². The van der Waals surface area contributed by atoms with Crippen molar-refractivity contribution in [2.24, 2.45) is 5.10 Å². The minimum Gasteiger partial charge on any atom is -0.497 e. The maximum absolute atomic E-state index is 5.25. The van der Waals surface area contributed by atoms with E-state index in [4.69, 9.17) is 17.0 Å². The molecule has 2 rings (SSSR count). The fraction of sp³-hybridized carbons (Fsp3) is 0.294. The molecule has 0 saturated carbocycles. The van der Waals surface area contributed by atoms with E-state index >= 15 is 0 Å². The van der Waals surface area contributed by atoms with Gasteiger partial charge in [-0.1, -0.05) is 12.1 Å². The Labute approximate surface area is 142 Å². The zero-order valence-electron chi connectivity index (χ0n) is 13.9. The molecule has 23 heavy (non-hydrogen) atoms. The summed E-state index contributed by atoms with van der Waals surface area (Å²) in [5.74, 6) is 0.840. The van der Waals surface area contributed by atoms with Crippen molar-refractivity contribution in [2.75, 3.05) is 7.11 Å². The summed E-state index contributed by atoms with van der Waals surface area (Å²) in [6, 6.07) is 7.84. The van der Waals surface area contributed by atoms with Crippen LogP contribution in [0.2, 0.25) is 0 Å². The number of hydrazone groups is 1. The van der Waals surface area contributed by atoms with Gasteiger partial charge in [-0.2, -0.15) is 5.10 Å². The van der Waals surface area contributed by atoms with Crippen LogP contribution in [0.4, 0.5) is 0 Å². The average Bonchev–Trinajstić information content (AvgIpc) is 2.90. The number of aromatic nitrogens is 1. The molecule has 2 aromatic rings. The predicted octanol–water partition coefficient (Wildman–Crippen LogP) is 3.03. The average molecular weight is 330 g/mol. The molecule has 122 valence electrons. The van der Waals surface area contributed by atoms with Gasteiger partial charge in [0.1, 0.15) is 5.75 Å². The van der Waals surface area contributed by atoms with E-state index in [1.165, 1.54) is 5.56 Å². The summed E-state index contributed by atoms with van der Waals surface area (Å²) in [5.41, 5.74) is 8.29. The molecule has 0 unspecified atom stereocenters. The van der Waals surface area contributed by atoms with Crippen LogP contribution in [-0.4, -0.2) is 22.9 Å². The number of ether oxygens (including phenoxy) is 1. The van der Waals surface area contributed by atoms with Crippen LogP contribution in [0.15, 0.2) is 35.6 Å². The first-order chi connectivity index (χ1) is 11.0. The van der Waals surface area contributed by atoms with Gasteiger partial charge in [-0.25, -0.2) is 0 Å². The van der Waals surface area contributed by atoms with E-state index in [0.717, 1.165) is 28.3 Å². The fourth-order valence-electron chi connectivity index (χ4n) is 2.37. The van der Waals surface area contributed by atoms with Crippen molar-refractivity contribution in [2.45, 2.75) is 27.3 Å². The Bertz CT molecular complexity index is 684. The summed E-state index contributed by atoms with van der Waals surface area (Å²) in [6.45, 7) is 6.68.